The Labute approximate surface area is 159 Å². The topological polar surface area (TPSA) is 32.3 Å². The number of rotatable bonds is 4. The Kier molecular flexibility index (Phi) is 5.38. The molecule has 1 amide bonds. The number of hydrogen-bond acceptors (Lipinski definition) is 4. The van der Waals surface area contributed by atoms with Gasteiger partial charge < -0.3 is 5.32 Å². The molecule has 1 aliphatic heterocycles. The van der Waals surface area contributed by atoms with E-state index in [1.165, 1.54) is 11.8 Å². The number of nitrogens with zero attached hydrogens (tertiary/aromatic N) is 1. The number of carbonyl (C=O) groups is 1. The Balaban J connectivity index is 1.73. The van der Waals surface area contributed by atoms with Gasteiger partial charge in [-0.25, -0.2) is 0 Å². The number of benzene rings is 2. The summed E-state index contributed by atoms with van der Waals surface area (Å²) in [5.41, 5.74) is 3.10. The number of hydrogen-bond donors (Lipinski definition) is 1. The van der Waals surface area contributed by atoms with Gasteiger partial charge in [0.2, 0.25) is 0 Å². The Morgan fingerprint density at radius 1 is 1.25 bits per heavy atom. The predicted octanol–water partition coefficient (Wildman–Crippen LogP) is 5.03. The highest BCUT2D eigenvalue weighted by Gasteiger charge is 2.31. The largest absolute Gasteiger partial charge is 0.367 e. The number of halogens is 1. The molecule has 0 saturated carbocycles. The van der Waals surface area contributed by atoms with Crippen molar-refractivity contribution in [1.29, 1.82) is 0 Å². The lowest BCUT2D eigenvalue weighted by molar-refractivity contribution is -0.121. The van der Waals surface area contributed by atoms with Crippen LogP contribution in [0.25, 0.3) is 6.08 Å². The molecule has 0 spiro atoms. The average Bonchev–Trinajstić information content (AvgIpc) is 2.81. The van der Waals surface area contributed by atoms with E-state index in [1.54, 1.807) is 4.90 Å². The molecule has 3 rings (SSSR count). The van der Waals surface area contributed by atoms with E-state index in [2.05, 4.69) is 21.2 Å². The molecule has 0 bridgehead atoms. The number of para-hydroxylation sites is 1. The third kappa shape index (κ3) is 3.88. The van der Waals surface area contributed by atoms with Crippen LogP contribution < -0.4 is 5.32 Å². The van der Waals surface area contributed by atoms with Crippen LogP contribution in [0.5, 0.6) is 0 Å². The molecule has 1 heterocycles. The van der Waals surface area contributed by atoms with Crippen molar-refractivity contribution in [2.45, 2.75) is 6.92 Å². The zero-order valence-electron chi connectivity index (χ0n) is 13.0. The maximum absolute atomic E-state index is 12.6. The summed E-state index contributed by atoms with van der Waals surface area (Å²) in [5, 5.41) is 3.28. The van der Waals surface area contributed by atoms with Gasteiger partial charge in [-0.05, 0) is 42.3 Å². The van der Waals surface area contributed by atoms with Crippen molar-refractivity contribution in [3.63, 3.8) is 0 Å². The fraction of sp³-hybridized carbons (Fsp3) is 0.111. The molecule has 1 N–H and O–H groups in total. The second-order valence-electron chi connectivity index (χ2n) is 5.31. The molecule has 2 aromatic carbocycles. The van der Waals surface area contributed by atoms with Crippen molar-refractivity contribution in [2.75, 3.05) is 12.0 Å². The lowest BCUT2D eigenvalue weighted by Crippen LogP contribution is -2.33. The molecule has 2 aromatic rings. The van der Waals surface area contributed by atoms with Crippen LogP contribution in [0.2, 0.25) is 0 Å². The lowest BCUT2D eigenvalue weighted by Gasteiger charge is -2.17. The normalized spacial score (nSPS) is 16.1. The molecule has 1 fully saturated rings. The van der Waals surface area contributed by atoms with Crippen molar-refractivity contribution in [3.05, 3.63) is 69.0 Å². The number of aryl methyl sites for hydroxylation is 1. The van der Waals surface area contributed by atoms with Gasteiger partial charge in [0.15, 0.2) is 0 Å². The Hall–Kier alpha value is -1.63. The van der Waals surface area contributed by atoms with E-state index in [9.17, 15) is 4.79 Å². The zero-order valence-corrected chi connectivity index (χ0v) is 16.2. The van der Waals surface area contributed by atoms with Crippen LogP contribution in [0, 0.1) is 6.92 Å². The number of nitrogens with one attached hydrogen (secondary N) is 1. The lowest BCUT2D eigenvalue weighted by atomic mass is 10.2. The highest BCUT2D eigenvalue weighted by atomic mass is 79.9. The Morgan fingerprint density at radius 3 is 2.79 bits per heavy atom. The molecule has 3 nitrogen and oxygen atoms in total. The minimum atomic E-state index is -0.0638. The third-order valence-electron chi connectivity index (χ3n) is 3.59. The quantitative estimate of drug-likeness (QED) is 0.557. The summed E-state index contributed by atoms with van der Waals surface area (Å²) >= 11 is 10.1. The molecule has 0 unspecified atom stereocenters. The fourth-order valence-electron chi connectivity index (χ4n) is 2.32. The monoisotopic (exact) mass is 418 g/mol. The predicted molar refractivity (Wildman–Crippen MR) is 109 cm³/mol. The van der Waals surface area contributed by atoms with Crippen LogP contribution in [0.3, 0.4) is 0 Å². The SMILES string of the molecule is Cc1ccccc1NCN1C(=O)/C(=C\c2cccc(Br)c2)SC1=S. The average molecular weight is 419 g/mol. The zero-order chi connectivity index (χ0) is 17.1. The number of anilines is 1. The smallest absolute Gasteiger partial charge is 0.267 e. The van der Waals surface area contributed by atoms with Gasteiger partial charge in [0, 0.05) is 10.2 Å². The summed E-state index contributed by atoms with van der Waals surface area (Å²) in [4.78, 5) is 14.8. The summed E-state index contributed by atoms with van der Waals surface area (Å²) < 4.78 is 1.55. The van der Waals surface area contributed by atoms with Gasteiger partial charge in [-0.2, -0.15) is 0 Å². The van der Waals surface area contributed by atoms with Gasteiger partial charge in [0.1, 0.15) is 4.32 Å². The molecule has 0 aromatic heterocycles. The molecular formula is C18H15BrN2OS2. The second-order valence-corrected chi connectivity index (χ2v) is 7.91. The van der Waals surface area contributed by atoms with E-state index < -0.39 is 0 Å². The first-order valence-electron chi connectivity index (χ1n) is 7.35. The summed E-state index contributed by atoms with van der Waals surface area (Å²) in [6.07, 6.45) is 1.87. The second kappa shape index (κ2) is 7.51. The molecule has 0 radical (unpaired) electrons. The maximum atomic E-state index is 12.6. The van der Waals surface area contributed by atoms with Gasteiger partial charge in [-0.15, -0.1) is 0 Å². The van der Waals surface area contributed by atoms with Crippen LogP contribution in [0.4, 0.5) is 5.69 Å². The summed E-state index contributed by atoms with van der Waals surface area (Å²) in [5.74, 6) is -0.0638. The van der Waals surface area contributed by atoms with E-state index in [0.717, 1.165) is 21.3 Å². The fourth-order valence-corrected chi connectivity index (χ4v) is 3.99. The molecule has 6 heteroatoms. The van der Waals surface area contributed by atoms with Crippen LogP contribution in [-0.2, 0) is 4.79 Å². The Bertz CT molecular complexity index is 835. The Morgan fingerprint density at radius 2 is 2.04 bits per heavy atom. The van der Waals surface area contributed by atoms with E-state index in [1.807, 2.05) is 61.5 Å². The van der Waals surface area contributed by atoms with Gasteiger partial charge in [0.05, 0.1) is 11.6 Å². The highest BCUT2D eigenvalue weighted by Crippen LogP contribution is 2.32. The van der Waals surface area contributed by atoms with Crippen LogP contribution in [-0.4, -0.2) is 21.8 Å². The number of thioether (sulfide) groups is 1. The van der Waals surface area contributed by atoms with Crippen molar-refractivity contribution in [3.8, 4) is 0 Å². The van der Waals surface area contributed by atoms with Crippen molar-refractivity contribution in [2.24, 2.45) is 0 Å². The van der Waals surface area contributed by atoms with Crippen LogP contribution >= 0.6 is 39.9 Å². The minimum Gasteiger partial charge on any atom is -0.367 e. The molecule has 1 aliphatic rings. The van der Waals surface area contributed by atoms with Gasteiger partial charge in [0.25, 0.3) is 5.91 Å². The molecule has 0 atom stereocenters. The first-order chi connectivity index (χ1) is 11.5. The van der Waals surface area contributed by atoms with E-state index in [4.69, 9.17) is 12.2 Å². The highest BCUT2D eigenvalue weighted by molar-refractivity contribution is 9.10. The molecule has 0 aliphatic carbocycles. The van der Waals surface area contributed by atoms with Crippen molar-refractivity contribution in [1.82, 2.24) is 4.90 Å². The summed E-state index contributed by atoms with van der Waals surface area (Å²) in [6.45, 7) is 2.39. The maximum Gasteiger partial charge on any atom is 0.267 e. The first-order valence-corrected chi connectivity index (χ1v) is 9.37. The minimum absolute atomic E-state index is 0.0638. The number of thiocarbonyl (C=S) groups is 1. The molecule has 1 saturated heterocycles. The van der Waals surface area contributed by atoms with Crippen molar-refractivity contribution < 1.29 is 4.79 Å². The molecular weight excluding hydrogens is 404 g/mol. The van der Waals surface area contributed by atoms with Gasteiger partial charge in [-0.3, -0.25) is 9.69 Å². The standard InChI is InChI=1S/C18H15BrN2OS2/c1-12-5-2-3-8-15(12)20-11-21-17(22)16(24-18(21)23)10-13-6-4-7-14(19)9-13/h2-10,20H,11H2,1H3/b16-10+. The van der Waals surface area contributed by atoms with Gasteiger partial charge >= 0.3 is 0 Å². The molecule has 122 valence electrons. The summed E-state index contributed by atoms with van der Waals surface area (Å²) in [7, 11) is 0. The number of amides is 1. The van der Waals surface area contributed by atoms with Crippen molar-refractivity contribution >= 4 is 61.9 Å². The summed E-state index contributed by atoms with van der Waals surface area (Å²) in [6, 6.07) is 15.8. The van der Waals surface area contributed by atoms with E-state index in [-0.39, 0.29) is 5.91 Å². The van der Waals surface area contributed by atoms with E-state index >= 15 is 0 Å². The van der Waals surface area contributed by atoms with Gasteiger partial charge in [-0.1, -0.05) is 70.2 Å². The number of carbonyl (C=O) groups excluding carboxylic acids is 1. The van der Waals surface area contributed by atoms with E-state index in [0.29, 0.717) is 15.9 Å². The van der Waals surface area contributed by atoms with Crippen LogP contribution in [0.1, 0.15) is 11.1 Å². The molecule has 24 heavy (non-hydrogen) atoms. The third-order valence-corrected chi connectivity index (χ3v) is 5.46. The van der Waals surface area contributed by atoms with Crippen LogP contribution in [0.15, 0.2) is 57.9 Å². The first kappa shape index (κ1) is 17.2.